The van der Waals surface area contributed by atoms with Gasteiger partial charge in [-0.25, -0.2) is 0 Å². The number of allylic oxidation sites excluding steroid dienone is 2. The van der Waals surface area contributed by atoms with E-state index < -0.39 is 0 Å². The van der Waals surface area contributed by atoms with Gasteiger partial charge in [0.15, 0.2) is 11.5 Å². The molecular formula is C25H28N2O3. The van der Waals surface area contributed by atoms with Crippen molar-refractivity contribution in [2.45, 2.75) is 31.2 Å². The van der Waals surface area contributed by atoms with Crippen molar-refractivity contribution in [2.75, 3.05) is 32.6 Å². The van der Waals surface area contributed by atoms with Crippen molar-refractivity contribution in [3.05, 3.63) is 65.2 Å². The summed E-state index contributed by atoms with van der Waals surface area (Å²) in [5, 5.41) is 3.76. The molecule has 2 aliphatic heterocycles. The lowest BCUT2D eigenvalue weighted by molar-refractivity contribution is 0.0793. The van der Waals surface area contributed by atoms with E-state index in [2.05, 4.69) is 35.7 Å². The van der Waals surface area contributed by atoms with E-state index in [0.717, 1.165) is 60.7 Å². The molecule has 5 nitrogen and oxygen atoms in total. The number of fused-ring (bicyclic) bond motifs is 3. The van der Waals surface area contributed by atoms with Crippen molar-refractivity contribution >= 4 is 11.6 Å². The fourth-order valence-corrected chi connectivity index (χ4v) is 5.27. The highest BCUT2D eigenvalue weighted by molar-refractivity contribution is 6.01. The van der Waals surface area contributed by atoms with E-state index in [1.165, 1.54) is 5.56 Å². The third-order valence-corrected chi connectivity index (χ3v) is 6.79. The van der Waals surface area contributed by atoms with Crippen LogP contribution in [0.2, 0.25) is 0 Å². The van der Waals surface area contributed by atoms with Gasteiger partial charge in [0, 0.05) is 19.0 Å². The van der Waals surface area contributed by atoms with Crippen LogP contribution in [0.3, 0.4) is 0 Å². The third-order valence-electron chi connectivity index (χ3n) is 6.79. The molecule has 0 bridgehead atoms. The van der Waals surface area contributed by atoms with Crippen LogP contribution in [0.15, 0.2) is 48.6 Å². The maximum Gasteiger partial charge on any atom is 0.255 e. The maximum absolute atomic E-state index is 13.3. The number of carbonyl (C=O) groups excluding carboxylic acids is 1. The molecule has 1 saturated heterocycles. The summed E-state index contributed by atoms with van der Waals surface area (Å²) in [5.74, 6) is 2.32. The van der Waals surface area contributed by atoms with Crippen LogP contribution in [-0.4, -0.2) is 38.1 Å². The van der Waals surface area contributed by atoms with Crippen molar-refractivity contribution in [3.8, 4) is 11.5 Å². The molecule has 1 aliphatic carbocycles. The monoisotopic (exact) mass is 404 g/mol. The summed E-state index contributed by atoms with van der Waals surface area (Å²) in [7, 11) is 3.32. The number of benzene rings is 2. The van der Waals surface area contributed by atoms with Crippen LogP contribution in [0.1, 0.15) is 52.7 Å². The molecule has 0 aromatic heterocycles. The first-order valence-corrected chi connectivity index (χ1v) is 10.8. The summed E-state index contributed by atoms with van der Waals surface area (Å²) in [4.78, 5) is 15.3. The number of likely N-dealkylation sites (tertiary alicyclic amines) is 1. The number of nitrogens with one attached hydrogen (secondary N) is 1. The van der Waals surface area contributed by atoms with Crippen LogP contribution >= 0.6 is 0 Å². The number of nitrogens with zero attached hydrogens (tertiary/aromatic N) is 1. The van der Waals surface area contributed by atoms with Crippen LogP contribution in [0.4, 0.5) is 5.69 Å². The summed E-state index contributed by atoms with van der Waals surface area (Å²) in [6.45, 7) is 1.71. The quantitative estimate of drug-likeness (QED) is 0.746. The smallest absolute Gasteiger partial charge is 0.255 e. The molecule has 1 fully saturated rings. The first kappa shape index (κ1) is 19.0. The molecule has 5 rings (SSSR count). The molecule has 3 unspecified atom stereocenters. The zero-order chi connectivity index (χ0) is 20.7. The molecule has 5 heteroatoms. The molecule has 30 heavy (non-hydrogen) atoms. The number of carbonyl (C=O) groups is 1. The second-order valence-electron chi connectivity index (χ2n) is 8.36. The highest BCUT2D eigenvalue weighted by Gasteiger charge is 2.40. The number of ether oxygens (including phenoxy) is 2. The van der Waals surface area contributed by atoms with E-state index in [1.54, 1.807) is 14.2 Å². The Bertz CT molecular complexity index is 994. The van der Waals surface area contributed by atoms with Gasteiger partial charge >= 0.3 is 0 Å². The van der Waals surface area contributed by atoms with Gasteiger partial charge in [0.05, 0.1) is 31.5 Å². The Kier molecular flexibility index (Phi) is 4.89. The average molecular weight is 405 g/mol. The standard InChI is InChI=1S/C25H28N2O3/c1-29-21-12-11-16(15-22(21)30-2)23-18-8-5-7-17(18)19-9-6-10-20(24(19)26-23)25(28)27-13-3-4-14-27/h5-7,9-12,15,17-18,23,26H,3-4,8,13-14H2,1-2H3. The van der Waals surface area contributed by atoms with Crippen molar-refractivity contribution in [3.63, 3.8) is 0 Å². The van der Waals surface area contributed by atoms with Gasteiger partial charge in [-0.05, 0) is 54.5 Å². The Hall–Kier alpha value is -2.95. The normalized spacial score (nSPS) is 24.2. The fourth-order valence-electron chi connectivity index (χ4n) is 5.27. The van der Waals surface area contributed by atoms with Gasteiger partial charge in [-0.1, -0.05) is 30.4 Å². The molecule has 3 aliphatic rings. The van der Waals surface area contributed by atoms with Gasteiger partial charge in [0.1, 0.15) is 0 Å². The van der Waals surface area contributed by atoms with E-state index in [4.69, 9.17) is 9.47 Å². The number of methoxy groups -OCH3 is 2. The minimum absolute atomic E-state index is 0.102. The molecule has 2 aromatic carbocycles. The minimum Gasteiger partial charge on any atom is -0.493 e. The molecule has 0 spiro atoms. The first-order chi connectivity index (χ1) is 14.7. The summed E-state index contributed by atoms with van der Waals surface area (Å²) < 4.78 is 11.0. The predicted molar refractivity (Wildman–Crippen MR) is 117 cm³/mol. The van der Waals surface area contributed by atoms with E-state index in [9.17, 15) is 4.79 Å². The number of hydrogen-bond donors (Lipinski definition) is 1. The lowest BCUT2D eigenvalue weighted by Gasteiger charge is -2.38. The Morgan fingerprint density at radius 2 is 1.87 bits per heavy atom. The Labute approximate surface area is 177 Å². The van der Waals surface area contributed by atoms with Gasteiger partial charge in [-0.3, -0.25) is 4.79 Å². The first-order valence-electron chi connectivity index (χ1n) is 10.8. The summed E-state index contributed by atoms with van der Waals surface area (Å²) in [6.07, 6.45) is 7.78. The second-order valence-corrected chi connectivity index (χ2v) is 8.36. The largest absolute Gasteiger partial charge is 0.493 e. The SMILES string of the molecule is COc1ccc(C2Nc3c(C(=O)N4CCCC4)cccc3C3C=CCC32)cc1OC. The summed E-state index contributed by atoms with van der Waals surface area (Å²) in [5.41, 5.74) is 4.16. The number of para-hydroxylation sites is 1. The third kappa shape index (κ3) is 3.04. The molecule has 2 aromatic rings. The van der Waals surface area contributed by atoms with Gasteiger partial charge in [-0.15, -0.1) is 0 Å². The second kappa shape index (κ2) is 7.71. The lowest BCUT2D eigenvalue weighted by atomic mass is 9.76. The zero-order valence-corrected chi connectivity index (χ0v) is 17.6. The topological polar surface area (TPSA) is 50.8 Å². The van der Waals surface area contributed by atoms with Crippen molar-refractivity contribution in [2.24, 2.45) is 5.92 Å². The van der Waals surface area contributed by atoms with E-state index in [-0.39, 0.29) is 11.9 Å². The van der Waals surface area contributed by atoms with Gasteiger partial charge < -0.3 is 19.7 Å². The van der Waals surface area contributed by atoms with E-state index >= 15 is 0 Å². The Balaban J connectivity index is 1.56. The minimum atomic E-state index is 0.102. The number of hydrogen-bond acceptors (Lipinski definition) is 4. The predicted octanol–water partition coefficient (Wildman–Crippen LogP) is 4.77. The van der Waals surface area contributed by atoms with Crippen molar-refractivity contribution in [1.29, 1.82) is 0 Å². The van der Waals surface area contributed by atoms with Crippen molar-refractivity contribution in [1.82, 2.24) is 4.90 Å². The zero-order valence-electron chi connectivity index (χ0n) is 17.6. The number of amides is 1. The summed E-state index contributed by atoms with van der Waals surface area (Å²) in [6, 6.07) is 12.4. The molecule has 156 valence electrons. The van der Waals surface area contributed by atoms with Crippen LogP contribution in [0, 0.1) is 5.92 Å². The molecule has 1 N–H and O–H groups in total. The van der Waals surface area contributed by atoms with Gasteiger partial charge in [-0.2, -0.15) is 0 Å². The van der Waals surface area contributed by atoms with Crippen LogP contribution < -0.4 is 14.8 Å². The highest BCUT2D eigenvalue weighted by Crippen LogP contribution is 2.51. The Morgan fingerprint density at radius 3 is 2.63 bits per heavy atom. The van der Waals surface area contributed by atoms with E-state index in [1.807, 2.05) is 23.1 Å². The summed E-state index contributed by atoms with van der Waals surface area (Å²) >= 11 is 0. The highest BCUT2D eigenvalue weighted by atomic mass is 16.5. The number of anilines is 1. The molecule has 1 amide bonds. The average Bonchev–Trinajstić information content (AvgIpc) is 3.49. The number of rotatable bonds is 4. The molecule has 2 heterocycles. The Morgan fingerprint density at radius 1 is 1.07 bits per heavy atom. The van der Waals surface area contributed by atoms with Crippen LogP contribution in [-0.2, 0) is 0 Å². The van der Waals surface area contributed by atoms with Gasteiger partial charge in [0.25, 0.3) is 5.91 Å². The van der Waals surface area contributed by atoms with Crippen LogP contribution in [0.25, 0.3) is 0 Å². The molecule has 3 atom stereocenters. The van der Waals surface area contributed by atoms with Crippen molar-refractivity contribution < 1.29 is 14.3 Å². The van der Waals surface area contributed by atoms with Gasteiger partial charge in [0.2, 0.25) is 0 Å². The molecule has 0 saturated carbocycles. The lowest BCUT2D eigenvalue weighted by Crippen LogP contribution is -2.33. The fraction of sp³-hybridized carbons (Fsp3) is 0.400. The molecular weight excluding hydrogens is 376 g/mol. The van der Waals surface area contributed by atoms with E-state index in [0.29, 0.717) is 11.8 Å². The molecule has 0 radical (unpaired) electrons. The maximum atomic E-state index is 13.3. The van der Waals surface area contributed by atoms with Crippen LogP contribution in [0.5, 0.6) is 11.5 Å².